The van der Waals surface area contributed by atoms with Crippen LogP contribution in [0.25, 0.3) is 11.1 Å². The van der Waals surface area contributed by atoms with Crippen molar-refractivity contribution in [2.45, 2.75) is 18.6 Å². The van der Waals surface area contributed by atoms with E-state index in [1.807, 2.05) is 0 Å². The standard InChI is InChI=1S/C20H17ClF2N2O4/c1-24(19(27)28)16-8-14-12(6-7-15(21)17(14)29-16)11-4-2-3-5-13(11)18(26)25-9-20(22,23)10-25/h2-7,16H,8-10H2,1H3,(H,27,28). The van der Waals surface area contributed by atoms with Crippen molar-refractivity contribution in [3.63, 3.8) is 0 Å². The molecule has 6 nitrogen and oxygen atoms in total. The summed E-state index contributed by atoms with van der Waals surface area (Å²) in [4.78, 5) is 26.2. The molecule has 2 aromatic carbocycles. The molecule has 0 saturated carbocycles. The number of ether oxygens (including phenoxy) is 1. The van der Waals surface area contributed by atoms with Gasteiger partial charge in [-0.05, 0) is 23.3 Å². The number of halogens is 3. The fourth-order valence-corrected chi connectivity index (χ4v) is 3.83. The van der Waals surface area contributed by atoms with E-state index in [4.69, 9.17) is 16.3 Å². The van der Waals surface area contributed by atoms with Crippen molar-refractivity contribution in [3.05, 3.63) is 52.5 Å². The molecular formula is C20H17ClF2N2O4. The maximum atomic E-state index is 13.2. The summed E-state index contributed by atoms with van der Waals surface area (Å²) in [6.07, 6.45) is -1.65. The molecule has 1 unspecified atom stereocenters. The normalized spacial score (nSPS) is 19.2. The predicted octanol–water partition coefficient (Wildman–Crippen LogP) is 3.97. The van der Waals surface area contributed by atoms with Gasteiger partial charge in [-0.15, -0.1) is 0 Å². The van der Waals surface area contributed by atoms with Crippen molar-refractivity contribution in [1.29, 1.82) is 0 Å². The summed E-state index contributed by atoms with van der Waals surface area (Å²) < 4.78 is 32.2. The quantitative estimate of drug-likeness (QED) is 0.812. The molecule has 0 bridgehead atoms. The van der Waals surface area contributed by atoms with Gasteiger partial charge < -0.3 is 14.7 Å². The van der Waals surface area contributed by atoms with E-state index in [9.17, 15) is 23.5 Å². The first-order valence-corrected chi connectivity index (χ1v) is 9.26. The first-order chi connectivity index (χ1) is 13.7. The zero-order valence-electron chi connectivity index (χ0n) is 15.4. The molecule has 1 atom stereocenters. The summed E-state index contributed by atoms with van der Waals surface area (Å²) in [5, 5.41) is 9.56. The van der Waals surface area contributed by atoms with Gasteiger partial charge in [-0.25, -0.2) is 13.6 Å². The average Bonchev–Trinajstić information content (AvgIpc) is 3.11. The van der Waals surface area contributed by atoms with Gasteiger partial charge in [0.25, 0.3) is 11.8 Å². The van der Waals surface area contributed by atoms with Crippen LogP contribution in [0, 0.1) is 0 Å². The van der Waals surface area contributed by atoms with Gasteiger partial charge in [-0.2, -0.15) is 0 Å². The minimum atomic E-state index is -2.85. The second-order valence-electron chi connectivity index (χ2n) is 7.14. The highest BCUT2D eigenvalue weighted by molar-refractivity contribution is 6.32. The number of likely N-dealkylation sites (N-methyl/N-ethyl adjacent to an activating group) is 1. The Balaban J connectivity index is 1.73. The third-order valence-corrected chi connectivity index (χ3v) is 5.46. The van der Waals surface area contributed by atoms with Gasteiger partial charge in [0, 0.05) is 24.6 Å². The van der Waals surface area contributed by atoms with Crippen LogP contribution >= 0.6 is 11.6 Å². The molecule has 0 aromatic heterocycles. The zero-order chi connectivity index (χ0) is 20.9. The van der Waals surface area contributed by atoms with Crippen LogP contribution in [-0.2, 0) is 6.42 Å². The number of likely N-dealkylation sites (tertiary alicyclic amines) is 1. The van der Waals surface area contributed by atoms with Crippen molar-refractivity contribution < 1.29 is 28.2 Å². The zero-order valence-corrected chi connectivity index (χ0v) is 16.1. The van der Waals surface area contributed by atoms with Crippen LogP contribution in [0.2, 0.25) is 5.02 Å². The number of fused-ring (bicyclic) bond motifs is 1. The van der Waals surface area contributed by atoms with Crippen LogP contribution in [0.3, 0.4) is 0 Å². The second kappa shape index (κ2) is 6.88. The van der Waals surface area contributed by atoms with Gasteiger partial charge in [-0.3, -0.25) is 9.69 Å². The maximum absolute atomic E-state index is 13.2. The number of hydrogen-bond donors (Lipinski definition) is 1. The van der Waals surface area contributed by atoms with Gasteiger partial charge in [-0.1, -0.05) is 35.9 Å². The lowest BCUT2D eigenvalue weighted by Gasteiger charge is -2.39. The van der Waals surface area contributed by atoms with Gasteiger partial charge in [0.2, 0.25) is 0 Å². The summed E-state index contributed by atoms with van der Waals surface area (Å²) in [5.74, 6) is -2.97. The Bertz CT molecular complexity index is 1010. The molecule has 0 aliphatic carbocycles. The number of alkyl halides is 2. The monoisotopic (exact) mass is 422 g/mol. The van der Waals surface area contributed by atoms with Crippen LogP contribution in [0.1, 0.15) is 15.9 Å². The van der Waals surface area contributed by atoms with Crippen molar-refractivity contribution in [1.82, 2.24) is 9.80 Å². The summed E-state index contributed by atoms with van der Waals surface area (Å²) in [6, 6.07) is 10.1. The summed E-state index contributed by atoms with van der Waals surface area (Å²) in [7, 11) is 1.40. The maximum Gasteiger partial charge on any atom is 0.409 e. The molecule has 29 heavy (non-hydrogen) atoms. The van der Waals surface area contributed by atoms with E-state index < -0.39 is 37.2 Å². The van der Waals surface area contributed by atoms with Crippen molar-refractivity contribution >= 4 is 23.6 Å². The highest BCUT2D eigenvalue weighted by Gasteiger charge is 2.46. The van der Waals surface area contributed by atoms with Crippen LogP contribution in [-0.4, -0.2) is 59.2 Å². The smallest absolute Gasteiger partial charge is 0.409 e. The number of carbonyl (C=O) groups excluding carboxylic acids is 1. The number of hydrogen-bond acceptors (Lipinski definition) is 3. The fourth-order valence-electron chi connectivity index (χ4n) is 3.60. The number of carboxylic acid groups (broad SMARTS) is 1. The first kappa shape index (κ1) is 19.4. The third kappa shape index (κ3) is 3.37. The van der Waals surface area contributed by atoms with E-state index in [0.717, 1.165) is 9.80 Å². The SMILES string of the molecule is CN(C(=O)O)C1Cc2c(-c3ccccc3C(=O)N3CC(F)(F)C3)ccc(Cl)c2O1. The molecule has 4 rings (SSSR count). The largest absolute Gasteiger partial charge is 0.468 e. The molecule has 1 saturated heterocycles. The molecule has 0 radical (unpaired) electrons. The molecule has 2 aliphatic heterocycles. The van der Waals surface area contributed by atoms with Gasteiger partial charge in [0.15, 0.2) is 6.23 Å². The van der Waals surface area contributed by atoms with Crippen LogP contribution < -0.4 is 4.74 Å². The van der Waals surface area contributed by atoms with Gasteiger partial charge in [0.1, 0.15) is 5.75 Å². The predicted molar refractivity (Wildman–Crippen MR) is 102 cm³/mol. The molecule has 1 fully saturated rings. The molecule has 9 heteroatoms. The number of nitrogens with zero attached hydrogens (tertiary/aromatic N) is 2. The molecule has 2 aromatic rings. The summed E-state index contributed by atoms with van der Waals surface area (Å²) >= 11 is 6.24. The van der Waals surface area contributed by atoms with Crippen LogP contribution in [0.4, 0.5) is 13.6 Å². The number of amides is 2. The lowest BCUT2D eigenvalue weighted by atomic mass is 9.92. The minimum absolute atomic E-state index is 0.248. The Labute approximate surface area is 170 Å². The average molecular weight is 423 g/mol. The molecule has 1 N–H and O–H groups in total. The summed E-state index contributed by atoms with van der Waals surface area (Å²) in [5.41, 5.74) is 2.18. The van der Waals surface area contributed by atoms with Crippen LogP contribution in [0.15, 0.2) is 36.4 Å². The molecular weight excluding hydrogens is 406 g/mol. The highest BCUT2D eigenvalue weighted by atomic mass is 35.5. The van der Waals surface area contributed by atoms with Crippen molar-refractivity contribution in [2.75, 3.05) is 20.1 Å². The van der Waals surface area contributed by atoms with E-state index in [0.29, 0.717) is 33.0 Å². The number of rotatable bonds is 3. The highest BCUT2D eigenvalue weighted by Crippen LogP contribution is 2.43. The Hall–Kier alpha value is -2.87. The lowest BCUT2D eigenvalue weighted by molar-refractivity contribution is -0.113. The fraction of sp³-hybridized carbons (Fsp3) is 0.300. The molecule has 0 spiro atoms. The Kier molecular flexibility index (Phi) is 4.61. The minimum Gasteiger partial charge on any atom is -0.468 e. The topological polar surface area (TPSA) is 70.1 Å². The van der Waals surface area contributed by atoms with E-state index in [1.165, 1.54) is 7.05 Å². The number of benzene rings is 2. The first-order valence-electron chi connectivity index (χ1n) is 8.88. The molecule has 2 amide bonds. The summed E-state index contributed by atoms with van der Waals surface area (Å²) in [6.45, 7) is -1.21. The van der Waals surface area contributed by atoms with Crippen molar-refractivity contribution in [2.24, 2.45) is 0 Å². The van der Waals surface area contributed by atoms with Gasteiger partial charge in [0.05, 0.1) is 18.1 Å². The van der Waals surface area contributed by atoms with E-state index in [2.05, 4.69) is 0 Å². The van der Waals surface area contributed by atoms with Crippen LogP contribution in [0.5, 0.6) is 5.75 Å². The van der Waals surface area contributed by atoms with E-state index in [-0.39, 0.29) is 6.42 Å². The van der Waals surface area contributed by atoms with Crippen molar-refractivity contribution in [3.8, 4) is 16.9 Å². The Morgan fingerprint density at radius 1 is 1.21 bits per heavy atom. The number of carbonyl (C=O) groups is 2. The lowest BCUT2D eigenvalue weighted by Crippen LogP contribution is -2.58. The molecule has 152 valence electrons. The molecule has 2 heterocycles. The van der Waals surface area contributed by atoms with E-state index in [1.54, 1.807) is 36.4 Å². The second-order valence-corrected chi connectivity index (χ2v) is 7.54. The third-order valence-electron chi connectivity index (χ3n) is 5.16. The van der Waals surface area contributed by atoms with Gasteiger partial charge >= 0.3 is 6.09 Å². The Morgan fingerprint density at radius 3 is 2.55 bits per heavy atom. The molecule has 2 aliphatic rings. The Morgan fingerprint density at radius 2 is 1.90 bits per heavy atom. The van der Waals surface area contributed by atoms with E-state index >= 15 is 0 Å².